The van der Waals surface area contributed by atoms with Crippen molar-refractivity contribution in [2.24, 2.45) is 0 Å². The average Bonchev–Trinajstić information content (AvgIpc) is 3.12. The number of ether oxygens (including phenoxy) is 1. The van der Waals surface area contributed by atoms with Gasteiger partial charge in [-0.05, 0) is 13.3 Å². The Morgan fingerprint density at radius 2 is 2.12 bits per heavy atom. The van der Waals surface area contributed by atoms with Crippen LogP contribution in [0.2, 0.25) is 0 Å². The molecule has 1 atom stereocenters. The van der Waals surface area contributed by atoms with Gasteiger partial charge in [-0.25, -0.2) is 13.4 Å². The van der Waals surface area contributed by atoms with Gasteiger partial charge in [0.1, 0.15) is 6.10 Å². The first kappa shape index (κ1) is 17.4. The Morgan fingerprint density at radius 1 is 1.38 bits per heavy atom. The summed E-state index contributed by atoms with van der Waals surface area (Å²) in [5.74, 6) is -0.214. The van der Waals surface area contributed by atoms with E-state index < -0.39 is 21.9 Å². The number of hydrogen-bond donors (Lipinski definition) is 0. The highest BCUT2D eigenvalue weighted by atomic mass is 32.2. The summed E-state index contributed by atoms with van der Waals surface area (Å²) in [6, 6.07) is 8.12. The zero-order chi connectivity index (χ0) is 17.2. The number of hydrogen-bond acceptors (Lipinski definition) is 7. The van der Waals surface area contributed by atoms with E-state index in [9.17, 15) is 13.2 Å². The van der Waals surface area contributed by atoms with Gasteiger partial charge in [-0.1, -0.05) is 41.6 Å². The molecule has 1 fully saturated rings. The lowest BCUT2D eigenvalue weighted by atomic mass is 10.1. The first-order valence-electron chi connectivity index (χ1n) is 7.46. The second-order valence-electron chi connectivity index (χ2n) is 5.67. The Bertz CT molecular complexity index is 827. The van der Waals surface area contributed by atoms with Gasteiger partial charge in [0.15, 0.2) is 14.2 Å². The van der Waals surface area contributed by atoms with E-state index in [2.05, 4.69) is 4.98 Å². The molecular weight excluding hydrogens is 366 g/mol. The summed E-state index contributed by atoms with van der Waals surface area (Å²) in [6.07, 6.45) is -0.101. The average molecular weight is 384 g/mol. The third kappa shape index (κ3) is 4.58. The van der Waals surface area contributed by atoms with Crippen LogP contribution in [0.3, 0.4) is 0 Å². The monoisotopic (exact) mass is 383 g/mol. The summed E-state index contributed by atoms with van der Waals surface area (Å²) < 4.78 is 28.7. The Morgan fingerprint density at radius 3 is 2.79 bits per heavy atom. The van der Waals surface area contributed by atoms with Crippen molar-refractivity contribution in [3.05, 3.63) is 35.2 Å². The number of aryl methyl sites for hydroxylation is 1. The van der Waals surface area contributed by atoms with E-state index in [0.717, 1.165) is 15.6 Å². The van der Waals surface area contributed by atoms with Crippen LogP contribution in [0.25, 0.3) is 11.3 Å². The van der Waals surface area contributed by atoms with Crippen molar-refractivity contribution in [1.82, 2.24) is 4.98 Å². The van der Waals surface area contributed by atoms with Crippen molar-refractivity contribution >= 4 is 38.9 Å². The third-order valence-corrected chi connectivity index (χ3v) is 7.36. The summed E-state index contributed by atoms with van der Waals surface area (Å²) in [4.78, 5) is 16.4. The lowest BCUT2D eigenvalue weighted by Crippen LogP contribution is -2.20. The first-order chi connectivity index (χ1) is 11.4. The molecule has 24 heavy (non-hydrogen) atoms. The molecule has 0 aliphatic carbocycles. The Kier molecular flexibility index (Phi) is 5.27. The number of carbonyl (C=O) groups is 1. The van der Waals surface area contributed by atoms with E-state index in [1.54, 1.807) is 0 Å². The fourth-order valence-corrected chi connectivity index (χ4v) is 5.58. The minimum absolute atomic E-state index is 0.0573. The normalized spacial score (nSPS) is 19.3. The molecule has 0 N–H and O–H groups in total. The fraction of sp³-hybridized carbons (Fsp3) is 0.375. The number of carbonyl (C=O) groups excluding carboxylic acids is 1. The zero-order valence-corrected chi connectivity index (χ0v) is 15.5. The topological polar surface area (TPSA) is 73.3 Å². The molecular formula is C16H17NO4S3. The number of sulfone groups is 1. The molecule has 1 saturated heterocycles. The van der Waals surface area contributed by atoms with E-state index in [4.69, 9.17) is 4.74 Å². The van der Waals surface area contributed by atoms with Crippen LogP contribution in [0, 0.1) is 6.92 Å². The van der Waals surface area contributed by atoms with E-state index in [1.807, 2.05) is 36.6 Å². The predicted octanol–water partition coefficient (Wildman–Crippen LogP) is 2.94. The molecule has 1 aliphatic rings. The predicted molar refractivity (Wildman–Crippen MR) is 96.2 cm³/mol. The van der Waals surface area contributed by atoms with Crippen LogP contribution in [-0.4, -0.2) is 42.7 Å². The van der Waals surface area contributed by atoms with Crippen LogP contribution in [0.4, 0.5) is 0 Å². The van der Waals surface area contributed by atoms with E-state index in [-0.39, 0.29) is 17.3 Å². The van der Waals surface area contributed by atoms with E-state index in [0.29, 0.717) is 6.42 Å². The SMILES string of the molecule is Cc1ccc(-c2csc(SCC(=O)O[C@H]3CCS(=O)(=O)C3)n2)cc1. The fourth-order valence-electron chi connectivity index (χ4n) is 2.37. The molecule has 0 unspecified atom stereocenters. The summed E-state index contributed by atoms with van der Waals surface area (Å²) in [7, 11) is -3.03. The van der Waals surface area contributed by atoms with Crippen LogP contribution in [0.5, 0.6) is 0 Å². The molecule has 0 amide bonds. The standard InChI is InChI=1S/C16H17NO4S3/c1-11-2-4-12(5-3-11)14-8-22-16(17-14)23-9-15(18)21-13-6-7-24(19,20)10-13/h2-5,8,13H,6-7,9-10H2,1H3/t13-/m0/s1. The quantitative estimate of drug-likeness (QED) is 0.584. The number of nitrogens with zero attached hydrogens (tertiary/aromatic N) is 1. The van der Waals surface area contributed by atoms with Crippen LogP contribution in [-0.2, 0) is 19.4 Å². The van der Waals surface area contributed by atoms with Crippen molar-refractivity contribution in [2.75, 3.05) is 17.3 Å². The van der Waals surface area contributed by atoms with Crippen molar-refractivity contribution in [1.29, 1.82) is 0 Å². The summed E-state index contributed by atoms with van der Waals surface area (Å²) in [5.41, 5.74) is 3.13. The molecule has 0 radical (unpaired) electrons. The Hall–Kier alpha value is -1.38. The summed E-state index contributed by atoms with van der Waals surface area (Å²) in [5, 5.41) is 1.96. The van der Waals surface area contributed by atoms with Gasteiger partial charge in [-0.15, -0.1) is 11.3 Å². The van der Waals surface area contributed by atoms with Gasteiger partial charge in [0.05, 0.1) is 23.0 Å². The molecule has 2 aromatic rings. The highest BCUT2D eigenvalue weighted by Gasteiger charge is 2.30. The maximum atomic E-state index is 11.8. The molecule has 3 rings (SSSR count). The largest absolute Gasteiger partial charge is 0.461 e. The second kappa shape index (κ2) is 7.25. The van der Waals surface area contributed by atoms with Gasteiger partial charge in [0.25, 0.3) is 0 Å². The molecule has 5 nitrogen and oxygen atoms in total. The van der Waals surface area contributed by atoms with Crippen molar-refractivity contribution < 1.29 is 17.9 Å². The molecule has 0 saturated carbocycles. The van der Waals surface area contributed by atoms with E-state index >= 15 is 0 Å². The van der Waals surface area contributed by atoms with E-state index in [1.165, 1.54) is 28.7 Å². The lowest BCUT2D eigenvalue weighted by molar-refractivity contribution is -0.144. The van der Waals surface area contributed by atoms with Gasteiger partial charge in [-0.2, -0.15) is 0 Å². The molecule has 8 heteroatoms. The van der Waals surface area contributed by atoms with Gasteiger partial charge < -0.3 is 4.74 Å². The number of benzene rings is 1. The number of aromatic nitrogens is 1. The maximum absolute atomic E-state index is 11.8. The number of esters is 1. The smallest absolute Gasteiger partial charge is 0.316 e. The molecule has 1 aromatic heterocycles. The number of thiazole rings is 1. The van der Waals surface area contributed by atoms with Crippen LogP contribution in [0.15, 0.2) is 34.0 Å². The summed E-state index contributed by atoms with van der Waals surface area (Å²) in [6.45, 7) is 2.04. The van der Waals surface area contributed by atoms with Crippen LogP contribution in [0.1, 0.15) is 12.0 Å². The second-order valence-corrected chi connectivity index (χ2v) is 9.98. The van der Waals surface area contributed by atoms with Crippen molar-refractivity contribution in [2.45, 2.75) is 23.8 Å². The minimum Gasteiger partial charge on any atom is -0.461 e. The van der Waals surface area contributed by atoms with Gasteiger partial charge in [0.2, 0.25) is 0 Å². The minimum atomic E-state index is -3.03. The van der Waals surface area contributed by atoms with Gasteiger partial charge in [-0.3, -0.25) is 4.79 Å². The molecule has 2 heterocycles. The molecule has 1 aliphatic heterocycles. The van der Waals surface area contributed by atoms with Crippen LogP contribution < -0.4 is 0 Å². The molecule has 128 valence electrons. The summed E-state index contributed by atoms with van der Waals surface area (Å²) >= 11 is 2.80. The number of thioether (sulfide) groups is 1. The molecule has 0 bridgehead atoms. The molecule has 1 aromatic carbocycles. The van der Waals surface area contributed by atoms with Gasteiger partial charge in [0, 0.05) is 10.9 Å². The lowest BCUT2D eigenvalue weighted by Gasteiger charge is -2.09. The Balaban J connectivity index is 1.52. The van der Waals surface area contributed by atoms with Crippen molar-refractivity contribution in [3.63, 3.8) is 0 Å². The third-order valence-electron chi connectivity index (χ3n) is 3.63. The Labute approximate surface area is 149 Å². The first-order valence-corrected chi connectivity index (χ1v) is 11.2. The highest BCUT2D eigenvalue weighted by Crippen LogP contribution is 2.28. The van der Waals surface area contributed by atoms with Crippen LogP contribution >= 0.6 is 23.1 Å². The maximum Gasteiger partial charge on any atom is 0.316 e. The zero-order valence-electron chi connectivity index (χ0n) is 13.1. The number of rotatable bonds is 5. The molecule has 0 spiro atoms. The van der Waals surface area contributed by atoms with Crippen molar-refractivity contribution in [3.8, 4) is 11.3 Å². The highest BCUT2D eigenvalue weighted by molar-refractivity contribution is 8.01. The van der Waals surface area contributed by atoms with Gasteiger partial charge >= 0.3 is 5.97 Å².